The SMILES string of the molecule is CC1(N)CCCCC1C(=O)Nc1ccc(NCC2CCCO2)c(F)c1. The predicted octanol–water partition coefficient (Wildman–Crippen LogP) is 3.26. The lowest BCUT2D eigenvalue weighted by Crippen LogP contribution is -2.51. The molecule has 5 nitrogen and oxygen atoms in total. The molecule has 1 aromatic rings. The Morgan fingerprint density at radius 3 is 2.88 bits per heavy atom. The molecule has 1 aliphatic heterocycles. The van der Waals surface area contributed by atoms with Gasteiger partial charge in [-0.25, -0.2) is 4.39 Å². The van der Waals surface area contributed by atoms with E-state index in [9.17, 15) is 9.18 Å². The van der Waals surface area contributed by atoms with Crippen molar-refractivity contribution >= 4 is 17.3 Å². The Hall–Kier alpha value is -1.66. The summed E-state index contributed by atoms with van der Waals surface area (Å²) in [5.41, 5.74) is 6.67. The molecule has 2 aliphatic rings. The van der Waals surface area contributed by atoms with Gasteiger partial charge in [-0.15, -0.1) is 0 Å². The molecular formula is C19H28FN3O2. The van der Waals surface area contributed by atoms with Crippen molar-refractivity contribution < 1.29 is 13.9 Å². The van der Waals surface area contributed by atoms with Crippen molar-refractivity contribution in [3.8, 4) is 0 Å². The molecule has 0 aromatic heterocycles. The second-order valence-electron chi connectivity index (χ2n) is 7.50. The van der Waals surface area contributed by atoms with Crippen LogP contribution in [0.5, 0.6) is 0 Å². The van der Waals surface area contributed by atoms with Crippen LogP contribution < -0.4 is 16.4 Å². The van der Waals surface area contributed by atoms with Crippen LogP contribution in [0.1, 0.15) is 45.4 Å². The molecule has 1 aromatic carbocycles. The third-order valence-corrected chi connectivity index (χ3v) is 5.35. The molecule has 3 rings (SSSR count). The Balaban J connectivity index is 1.59. The van der Waals surface area contributed by atoms with Crippen molar-refractivity contribution in [1.29, 1.82) is 0 Å². The van der Waals surface area contributed by atoms with Gasteiger partial charge in [-0.05, 0) is 50.8 Å². The molecule has 3 atom stereocenters. The van der Waals surface area contributed by atoms with Crippen molar-refractivity contribution in [3.63, 3.8) is 0 Å². The van der Waals surface area contributed by atoms with Gasteiger partial charge < -0.3 is 21.1 Å². The van der Waals surface area contributed by atoms with Gasteiger partial charge in [-0.1, -0.05) is 12.8 Å². The molecule has 0 bridgehead atoms. The van der Waals surface area contributed by atoms with Crippen molar-refractivity contribution in [2.75, 3.05) is 23.8 Å². The highest BCUT2D eigenvalue weighted by Crippen LogP contribution is 2.32. The lowest BCUT2D eigenvalue weighted by Gasteiger charge is -2.37. The maximum Gasteiger partial charge on any atom is 0.229 e. The van der Waals surface area contributed by atoms with Gasteiger partial charge in [0.2, 0.25) is 5.91 Å². The van der Waals surface area contributed by atoms with Gasteiger partial charge >= 0.3 is 0 Å². The second-order valence-corrected chi connectivity index (χ2v) is 7.50. The van der Waals surface area contributed by atoms with Gasteiger partial charge in [0, 0.05) is 24.4 Å². The predicted molar refractivity (Wildman–Crippen MR) is 97.0 cm³/mol. The Morgan fingerprint density at radius 2 is 2.20 bits per heavy atom. The quantitative estimate of drug-likeness (QED) is 0.763. The van der Waals surface area contributed by atoms with E-state index in [-0.39, 0.29) is 23.7 Å². The average Bonchev–Trinajstić information content (AvgIpc) is 3.07. The van der Waals surface area contributed by atoms with Crippen molar-refractivity contribution in [3.05, 3.63) is 24.0 Å². The second kappa shape index (κ2) is 7.70. The summed E-state index contributed by atoms with van der Waals surface area (Å²) in [6.45, 7) is 3.30. The van der Waals surface area contributed by atoms with Crippen LogP contribution in [-0.2, 0) is 9.53 Å². The maximum atomic E-state index is 14.3. The van der Waals surface area contributed by atoms with Crippen molar-refractivity contribution in [2.24, 2.45) is 11.7 Å². The number of benzene rings is 1. The van der Waals surface area contributed by atoms with E-state index in [1.807, 2.05) is 6.92 Å². The summed E-state index contributed by atoms with van der Waals surface area (Å²) in [6, 6.07) is 4.73. The molecule has 1 amide bonds. The average molecular weight is 349 g/mol. The number of rotatable bonds is 5. The maximum absolute atomic E-state index is 14.3. The van der Waals surface area contributed by atoms with Gasteiger partial charge in [0.1, 0.15) is 5.82 Å². The number of hydrogen-bond acceptors (Lipinski definition) is 4. The third kappa shape index (κ3) is 4.50. The monoisotopic (exact) mass is 349 g/mol. The molecule has 25 heavy (non-hydrogen) atoms. The fourth-order valence-corrected chi connectivity index (χ4v) is 3.78. The molecule has 2 fully saturated rings. The minimum atomic E-state index is -0.496. The Labute approximate surface area is 148 Å². The third-order valence-electron chi connectivity index (χ3n) is 5.35. The van der Waals surface area contributed by atoms with Crippen LogP contribution in [0.15, 0.2) is 18.2 Å². The standard InChI is InChI=1S/C19H28FN3O2/c1-19(21)9-3-2-6-15(19)18(24)23-13-7-8-17(16(20)11-13)22-12-14-5-4-10-25-14/h7-8,11,14-15,22H,2-6,9-10,12,21H2,1H3,(H,23,24). The number of carbonyl (C=O) groups excluding carboxylic acids is 1. The molecule has 138 valence electrons. The zero-order chi connectivity index (χ0) is 17.9. The number of carbonyl (C=O) groups is 1. The number of ether oxygens (including phenoxy) is 1. The van der Waals surface area contributed by atoms with E-state index in [4.69, 9.17) is 10.5 Å². The van der Waals surface area contributed by atoms with E-state index in [1.165, 1.54) is 6.07 Å². The highest BCUT2D eigenvalue weighted by molar-refractivity contribution is 5.93. The molecule has 0 radical (unpaired) electrons. The van der Waals surface area contributed by atoms with Gasteiger partial charge in [-0.3, -0.25) is 4.79 Å². The normalized spacial score (nSPS) is 29.4. The van der Waals surface area contributed by atoms with Gasteiger partial charge in [0.05, 0.1) is 17.7 Å². The van der Waals surface area contributed by atoms with Crippen LogP contribution >= 0.6 is 0 Å². The highest BCUT2D eigenvalue weighted by atomic mass is 19.1. The fourth-order valence-electron chi connectivity index (χ4n) is 3.78. The minimum Gasteiger partial charge on any atom is -0.380 e. The van der Waals surface area contributed by atoms with E-state index in [1.54, 1.807) is 12.1 Å². The molecular weight excluding hydrogens is 321 g/mol. The number of halogens is 1. The molecule has 1 saturated heterocycles. The van der Waals surface area contributed by atoms with Crippen LogP contribution in [0.3, 0.4) is 0 Å². The number of amides is 1. The van der Waals surface area contributed by atoms with E-state index >= 15 is 0 Å². The van der Waals surface area contributed by atoms with E-state index in [0.29, 0.717) is 17.9 Å². The fraction of sp³-hybridized carbons (Fsp3) is 0.632. The van der Waals surface area contributed by atoms with Crippen LogP contribution in [-0.4, -0.2) is 30.7 Å². The van der Waals surface area contributed by atoms with E-state index < -0.39 is 5.54 Å². The largest absolute Gasteiger partial charge is 0.380 e. The molecule has 1 saturated carbocycles. The summed E-state index contributed by atoms with van der Waals surface area (Å²) < 4.78 is 19.8. The van der Waals surface area contributed by atoms with Crippen LogP contribution in [0.4, 0.5) is 15.8 Å². The highest BCUT2D eigenvalue weighted by Gasteiger charge is 2.37. The Kier molecular flexibility index (Phi) is 5.59. The van der Waals surface area contributed by atoms with E-state index in [2.05, 4.69) is 10.6 Å². The molecule has 0 spiro atoms. The van der Waals surface area contributed by atoms with Crippen molar-refractivity contribution in [1.82, 2.24) is 0 Å². The summed E-state index contributed by atoms with van der Waals surface area (Å²) in [6.07, 6.45) is 5.88. The van der Waals surface area contributed by atoms with Crippen LogP contribution in [0, 0.1) is 11.7 Å². The topological polar surface area (TPSA) is 76.4 Å². The number of anilines is 2. The van der Waals surface area contributed by atoms with Gasteiger partial charge in [-0.2, -0.15) is 0 Å². The van der Waals surface area contributed by atoms with Crippen LogP contribution in [0.2, 0.25) is 0 Å². The summed E-state index contributed by atoms with van der Waals surface area (Å²) in [5, 5.41) is 5.90. The molecule has 6 heteroatoms. The zero-order valence-corrected chi connectivity index (χ0v) is 14.8. The number of nitrogens with one attached hydrogen (secondary N) is 2. The first-order valence-corrected chi connectivity index (χ1v) is 9.20. The zero-order valence-electron chi connectivity index (χ0n) is 14.8. The summed E-state index contributed by atoms with van der Waals surface area (Å²) in [7, 11) is 0. The van der Waals surface area contributed by atoms with Crippen molar-refractivity contribution in [2.45, 2.75) is 57.1 Å². The summed E-state index contributed by atoms with van der Waals surface area (Å²) >= 11 is 0. The van der Waals surface area contributed by atoms with Gasteiger partial charge in [0.25, 0.3) is 0 Å². The lowest BCUT2D eigenvalue weighted by atomic mass is 9.74. The van der Waals surface area contributed by atoms with Gasteiger partial charge in [0.15, 0.2) is 0 Å². The number of nitrogens with two attached hydrogens (primary N) is 1. The summed E-state index contributed by atoms with van der Waals surface area (Å²) in [5.74, 6) is -0.735. The smallest absolute Gasteiger partial charge is 0.229 e. The first-order chi connectivity index (χ1) is 12.0. The van der Waals surface area contributed by atoms with Crippen LogP contribution in [0.25, 0.3) is 0 Å². The molecule has 3 unspecified atom stereocenters. The van der Waals surface area contributed by atoms with E-state index in [0.717, 1.165) is 45.1 Å². The number of hydrogen-bond donors (Lipinski definition) is 3. The molecule has 1 heterocycles. The molecule has 4 N–H and O–H groups in total. The first kappa shape index (κ1) is 18.1. The minimum absolute atomic E-state index is 0.121. The Morgan fingerprint density at radius 1 is 1.36 bits per heavy atom. The summed E-state index contributed by atoms with van der Waals surface area (Å²) in [4.78, 5) is 12.5. The molecule has 1 aliphatic carbocycles. The lowest BCUT2D eigenvalue weighted by molar-refractivity contribution is -0.122. The first-order valence-electron chi connectivity index (χ1n) is 9.20. The Bertz CT molecular complexity index is 615.